The molecule has 1 aliphatic carbocycles. The minimum atomic E-state index is -0.261. The molecule has 0 radical (unpaired) electrons. The van der Waals surface area contributed by atoms with E-state index in [0.717, 1.165) is 24.1 Å². The van der Waals surface area contributed by atoms with Crippen molar-refractivity contribution in [3.8, 4) is 0 Å². The first-order valence-corrected chi connectivity index (χ1v) is 8.37. The zero-order valence-electron chi connectivity index (χ0n) is 14.1. The van der Waals surface area contributed by atoms with Gasteiger partial charge < -0.3 is 16.0 Å². The van der Waals surface area contributed by atoms with E-state index in [1.165, 1.54) is 0 Å². The van der Waals surface area contributed by atoms with Crippen LogP contribution in [-0.2, 0) is 6.42 Å². The number of amides is 1. The molecule has 1 amide bonds. The molecule has 1 heterocycles. The summed E-state index contributed by atoms with van der Waals surface area (Å²) >= 11 is 0. The van der Waals surface area contributed by atoms with Crippen molar-refractivity contribution >= 4 is 17.4 Å². The van der Waals surface area contributed by atoms with Crippen LogP contribution in [0.15, 0.2) is 30.5 Å². The van der Waals surface area contributed by atoms with Gasteiger partial charge >= 0.3 is 0 Å². The summed E-state index contributed by atoms with van der Waals surface area (Å²) < 4.78 is 0. The Morgan fingerprint density at radius 3 is 2.58 bits per heavy atom. The highest BCUT2D eigenvalue weighted by atomic mass is 16.2. The van der Waals surface area contributed by atoms with Crippen molar-refractivity contribution in [2.45, 2.75) is 39.2 Å². The van der Waals surface area contributed by atoms with Crippen LogP contribution in [0.25, 0.3) is 0 Å². The number of ketones is 1. The van der Waals surface area contributed by atoms with E-state index in [-0.39, 0.29) is 17.7 Å². The van der Waals surface area contributed by atoms with Crippen LogP contribution >= 0.6 is 0 Å². The van der Waals surface area contributed by atoms with E-state index in [9.17, 15) is 9.59 Å². The average molecular weight is 325 g/mol. The number of aryl methyl sites for hydroxylation is 1. The van der Waals surface area contributed by atoms with Crippen molar-refractivity contribution < 1.29 is 9.59 Å². The van der Waals surface area contributed by atoms with Gasteiger partial charge in [0.1, 0.15) is 0 Å². The first kappa shape index (κ1) is 16.5. The van der Waals surface area contributed by atoms with Crippen molar-refractivity contribution in [1.29, 1.82) is 0 Å². The number of aromatic amines is 1. The summed E-state index contributed by atoms with van der Waals surface area (Å²) in [6.07, 6.45) is 3.79. The zero-order valence-corrected chi connectivity index (χ0v) is 14.1. The maximum absolute atomic E-state index is 12.5. The van der Waals surface area contributed by atoms with Crippen molar-refractivity contribution in [3.63, 3.8) is 0 Å². The Kier molecular flexibility index (Phi) is 4.53. The van der Waals surface area contributed by atoms with Gasteiger partial charge in [-0.25, -0.2) is 0 Å². The topological polar surface area (TPSA) is 88.0 Å². The normalized spacial score (nSPS) is 15.2. The smallest absolute Gasteiger partial charge is 0.257 e. The summed E-state index contributed by atoms with van der Waals surface area (Å²) in [4.78, 5) is 27.7. The molecule has 1 atom stereocenters. The summed E-state index contributed by atoms with van der Waals surface area (Å²) in [6, 6.07) is 7.52. The minimum Gasteiger partial charge on any atom is -0.364 e. The summed E-state index contributed by atoms with van der Waals surface area (Å²) in [5, 5.41) is 2.86. The molecule has 1 aliphatic rings. The second-order valence-electron chi connectivity index (χ2n) is 6.68. The SMILES string of the molecule is CC(C)C(N)c1ccc(NC(=O)c2c[nH]c3c2C(=O)CCC3)cc1. The number of hydrogen-bond acceptors (Lipinski definition) is 3. The van der Waals surface area contributed by atoms with E-state index >= 15 is 0 Å². The van der Waals surface area contributed by atoms with Crippen LogP contribution in [0.4, 0.5) is 5.69 Å². The molecule has 5 nitrogen and oxygen atoms in total. The highest BCUT2D eigenvalue weighted by molar-refractivity contribution is 6.13. The molecule has 24 heavy (non-hydrogen) atoms. The van der Waals surface area contributed by atoms with E-state index in [4.69, 9.17) is 5.73 Å². The molecule has 0 aliphatic heterocycles. The number of anilines is 1. The molecule has 126 valence electrons. The molecule has 2 aromatic rings. The average Bonchev–Trinajstić information content (AvgIpc) is 3.00. The molecule has 1 aromatic heterocycles. The Morgan fingerprint density at radius 2 is 1.92 bits per heavy atom. The third-order valence-corrected chi connectivity index (χ3v) is 4.59. The lowest BCUT2D eigenvalue weighted by atomic mass is 9.93. The zero-order chi connectivity index (χ0) is 17.3. The number of nitrogens with two attached hydrogens (primary N) is 1. The number of carbonyl (C=O) groups is 2. The predicted molar refractivity (Wildman–Crippen MR) is 94.2 cm³/mol. The van der Waals surface area contributed by atoms with Crippen LogP contribution in [-0.4, -0.2) is 16.7 Å². The molecule has 0 saturated carbocycles. The number of aromatic nitrogens is 1. The molecular formula is C19H23N3O2. The van der Waals surface area contributed by atoms with Gasteiger partial charge in [0, 0.05) is 30.0 Å². The predicted octanol–water partition coefficient (Wildman–Crippen LogP) is 3.44. The van der Waals surface area contributed by atoms with Gasteiger partial charge in [-0.1, -0.05) is 26.0 Å². The standard InChI is InChI=1S/C19H23N3O2/c1-11(2)18(20)12-6-8-13(9-7-12)22-19(24)14-10-21-15-4-3-5-16(23)17(14)15/h6-11,18,21H,3-5,20H2,1-2H3,(H,22,24). The summed E-state index contributed by atoms with van der Waals surface area (Å²) in [6.45, 7) is 4.15. The highest BCUT2D eigenvalue weighted by Gasteiger charge is 2.25. The van der Waals surface area contributed by atoms with Crippen LogP contribution in [0.3, 0.4) is 0 Å². The minimum absolute atomic E-state index is 0.0240. The fourth-order valence-electron chi connectivity index (χ4n) is 3.08. The quantitative estimate of drug-likeness (QED) is 0.804. The van der Waals surface area contributed by atoms with Gasteiger partial charge in [-0.05, 0) is 36.5 Å². The van der Waals surface area contributed by atoms with Gasteiger partial charge in [0.25, 0.3) is 5.91 Å². The molecule has 5 heteroatoms. The molecule has 0 saturated heterocycles. The molecule has 4 N–H and O–H groups in total. The third-order valence-electron chi connectivity index (χ3n) is 4.59. The first-order chi connectivity index (χ1) is 11.5. The largest absolute Gasteiger partial charge is 0.364 e. The second kappa shape index (κ2) is 6.61. The molecule has 0 fully saturated rings. The van der Waals surface area contributed by atoms with Crippen LogP contribution in [0, 0.1) is 5.92 Å². The highest BCUT2D eigenvalue weighted by Crippen LogP contribution is 2.25. The molecular weight excluding hydrogens is 302 g/mol. The Morgan fingerprint density at radius 1 is 1.21 bits per heavy atom. The van der Waals surface area contributed by atoms with Crippen LogP contribution in [0.1, 0.15) is 64.7 Å². The fourth-order valence-corrected chi connectivity index (χ4v) is 3.08. The lowest BCUT2D eigenvalue weighted by molar-refractivity contribution is 0.0956. The van der Waals surface area contributed by atoms with Crippen molar-refractivity contribution in [2.24, 2.45) is 11.7 Å². The van der Waals surface area contributed by atoms with Gasteiger partial charge in [-0.2, -0.15) is 0 Å². The number of rotatable bonds is 4. The molecule has 0 spiro atoms. The Bertz CT molecular complexity index is 759. The van der Waals surface area contributed by atoms with Crippen molar-refractivity contribution in [3.05, 3.63) is 52.8 Å². The van der Waals surface area contributed by atoms with Gasteiger partial charge in [0.15, 0.2) is 5.78 Å². The first-order valence-electron chi connectivity index (χ1n) is 8.37. The third kappa shape index (κ3) is 3.12. The summed E-state index contributed by atoms with van der Waals surface area (Å²) in [5.74, 6) is 0.132. The van der Waals surface area contributed by atoms with E-state index in [0.29, 0.717) is 29.2 Å². The molecule has 1 unspecified atom stereocenters. The Balaban J connectivity index is 1.76. The number of H-pyrrole nitrogens is 1. The number of hydrogen-bond donors (Lipinski definition) is 3. The number of benzene rings is 1. The Labute approximate surface area is 141 Å². The van der Waals surface area contributed by atoms with E-state index in [1.807, 2.05) is 24.3 Å². The second-order valence-corrected chi connectivity index (χ2v) is 6.68. The lowest BCUT2D eigenvalue weighted by Gasteiger charge is -2.16. The monoisotopic (exact) mass is 325 g/mol. The van der Waals surface area contributed by atoms with E-state index < -0.39 is 0 Å². The van der Waals surface area contributed by atoms with Crippen LogP contribution in [0.5, 0.6) is 0 Å². The number of Topliss-reactive ketones (excluding diaryl/α,β-unsaturated/α-hetero) is 1. The van der Waals surface area contributed by atoms with E-state index in [2.05, 4.69) is 24.1 Å². The fraction of sp³-hybridized carbons (Fsp3) is 0.368. The van der Waals surface area contributed by atoms with Gasteiger partial charge in [-0.3, -0.25) is 9.59 Å². The van der Waals surface area contributed by atoms with Gasteiger partial charge in [0.2, 0.25) is 0 Å². The summed E-state index contributed by atoms with van der Waals surface area (Å²) in [5.41, 5.74) is 9.71. The van der Waals surface area contributed by atoms with Gasteiger partial charge in [-0.15, -0.1) is 0 Å². The molecule has 3 rings (SSSR count). The van der Waals surface area contributed by atoms with Gasteiger partial charge in [0.05, 0.1) is 11.1 Å². The Hall–Kier alpha value is -2.40. The lowest BCUT2D eigenvalue weighted by Crippen LogP contribution is -2.18. The van der Waals surface area contributed by atoms with Crippen LogP contribution in [0.2, 0.25) is 0 Å². The maximum Gasteiger partial charge on any atom is 0.257 e. The molecule has 1 aromatic carbocycles. The van der Waals surface area contributed by atoms with Crippen molar-refractivity contribution in [1.82, 2.24) is 4.98 Å². The number of fused-ring (bicyclic) bond motifs is 1. The number of nitrogens with one attached hydrogen (secondary N) is 2. The van der Waals surface area contributed by atoms with Crippen LogP contribution < -0.4 is 11.1 Å². The number of carbonyl (C=O) groups excluding carboxylic acids is 2. The van der Waals surface area contributed by atoms with E-state index in [1.54, 1.807) is 6.20 Å². The molecule has 0 bridgehead atoms. The van der Waals surface area contributed by atoms with Crippen molar-refractivity contribution in [2.75, 3.05) is 5.32 Å². The maximum atomic E-state index is 12.5. The summed E-state index contributed by atoms with van der Waals surface area (Å²) in [7, 11) is 0.